The van der Waals surface area contributed by atoms with E-state index in [-0.39, 0.29) is 10.9 Å². The molecule has 1 N–H and O–H groups in total. The highest BCUT2D eigenvalue weighted by Crippen LogP contribution is 2.24. The quantitative estimate of drug-likeness (QED) is 0.919. The summed E-state index contributed by atoms with van der Waals surface area (Å²) in [7, 11) is 0. The molecule has 0 aliphatic heterocycles. The van der Waals surface area contributed by atoms with E-state index in [2.05, 4.69) is 15.3 Å². The molecule has 6 heteroatoms. The lowest BCUT2D eigenvalue weighted by atomic mass is 10.2. The number of anilines is 1. The van der Waals surface area contributed by atoms with Crippen molar-refractivity contribution in [1.82, 2.24) is 9.97 Å². The lowest BCUT2D eigenvalue weighted by molar-refractivity contribution is 0.102. The first-order chi connectivity index (χ1) is 8.59. The maximum Gasteiger partial charge on any atom is 0.257 e. The summed E-state index contributed by atoms with van der Waals surface area (Å²) < 4.78 is 0. The van der Waals surface area contributed by atoms with Gasteiger partial charge in [0.2, 0.25) is 0 Å². The average Bonchev–Trinajstić information content (AvgIpc) is 2.35. The Labute approximate surface area is 114 Å². The number of hydrogen-bond donors (Lipinski definition) is 1. The van der Waals surface area contributed by atoms with Crippen LogP contribution >= 0.6 is 23.2 Å². The Morgan fingerprint density at radius 1 is 1.28 bits per heavy atom. The minimum atomic E-state index is -0.338. The number of pyridine rings is 2. The van der Waals surface area contributed by atoms with Crippen molar-refractivity contribution in [3.05, 3.63) is 52.0 Å². The summed E-state index contributed by atoms with van der Waals surface area (Å²) in [5, 5.41) is 3.39. The number of aromatic nitrogens is 2. The van der Waals surface area contributed by atoms with E-state index in [9.17, 15) is 4.79 Å². The van der Waals surface area contributed by atoms with Gasteiger partial charge in [0.05, 0.1) is 27.0 Å². The van der Waals surface area contributed by atoms with E-state index in [1.807, 2.05) is 0 Å². The zero-order chi connectivity index (χ0) is 13.1. The molecule has 2 rings (SSSR count). The molecule has 0 spiro atoms. The average molecular weight is 282 g/mol. The van der Waals surface area contributed by atoms with E-state index in [4.69, 9.17) is 23.2 Å². The highest BCUT2D eigenvalue weighted by atomic mass is 35.5. The molecule has 0 aliphatic rings. The number of carbonyl (C=O) groups excluding carboxylic acids is 1. The number of nitrogens with one attached hydrogen (secondary N) is 1. The molecule has 0 fully saturated rings. The van der Waals surface area contributed by atoms with Crippen molar-refractivity contribution < 1.29 is 4.79 Å². The Morgan fingerprint density at radius 3 is 2.78 bits per heavy atom. The zero-order valence-corrected chi connectivity index (χ0v) is 11.0. The Balaban J connectivity index is 2.27. The first-order valence-electron chi connectivity index (χ1n) is 5.11. The third-order valence-electron chi connectivity index (χ3n) is 2.33. The normalized spacial score (nSPS) is 10.2. The van der Waals surface area contributed by atoms with Crippen molar-refractivity contribution in [2.24, 2.45) is 0 Å². The van der Waals surface area contributed by atoms with Crippen LogP contribution in [0.25, 0.3) is 0 Å². The summed E-state index contributed by atoms with van der Waals surface area (Å²) in [6, 6.07) is 3.17. The van der Waals surface area contributed by atoms with Gasteiger partial charge >= 0.3 is 0 Å². The van der Waals surface area contributed by atoms with Crippen LogP contribution in [0.5, 0.6) is 0 Å². The number of carbonyl (C=O) groups is 1. The second kappa shape index (κ2) is 5.33. The molecule has 0 bridgehead atoms. The van der Waals surface area contributed by atoms with Crippen molar-refractivity contribution in [3.63, 3.8) is 0 Å². The van der Waals surface area contributed by atoms with Gasteiger partial charge in [-0.25, -0.2) is 0 Å². The van der Waals surface area contributed by atoms with Crippen LogP contribution in [0.2, 0.25) is 10.0 Å². The van der Waals surface area contributed by atoms with Crippen molar-refractivity contribution in [2.75, 3.05) is 5.32 Å². The van der Waals surface area contributed by atoms with Gasteiger partial charge in [0.1, 0.15) is 0 Å². The van der Waals surface area contributed by atoms with Gasteiger partial charge in [-0.2, -0.15) is 0 Å². The molecule has 0 saturated heterocycles. The van der Waals surface area contributed by atoms with Crippen molar-refractivity contribution in [1.29, 1.82) is 0 Å². The van der Waals surface area contributed by atoms with Gasteiger partial charge in [0.15, 0.2) is 0 Å². The van der Waals surface area contributed by atoms with E-state index in [0.717, 1.165) is 0 Å². The summed E-state index contributed by atoms with van der Waals surface area (Å²) in [5.41, 5.74) is 1.49. The predicted molar refractivity (Wildman–Crippen MR) is 71.2 cm³/mol. The second-order valence-electron chi connectivity index (χ2n) is 3.57. The van der Waals surface area contributed by atoms with Crippen LogP contribution in [0.3, 0.4) is 0 Å². The fourth-order valence-corrected chi connectivity index (χ4v) is 1.76. The molecule has 0 aromatic carbocycles. The first-order valence-corrected chi connectivity index (χ1v) is 5.87. The minimum absolute atomic E-state index is 0.289. The summed E-state index contributed by atoms with van der Waals surface area (Å²) in [5.74, 6) is -0.338. The molecule has 4 nitrogen and oxygen atoms in total. The van der Waals surface area contributed by atoms with E-state index < -0.39 is 0 Å². The lowest BCUT2D eigenvalue weighted by Crippen LogP contribution is -2.13. The molecule has 0 saturated carbocycles. The third-order valence-corrected chi connectivity index (χ3v) is 3.11. The molecule has 2 aromatic rings. The highest BCUT2D eigenvalue weighted by molar-refractivity contribution is 6.36. The van der Waals surface area contributed by atoms with Crippen LogP contribution in [0.15, 0.2) is 30.7 Å². The van der Waals surface area contributed by atoms with Crippen LogP contribution in [0, 0.1) is 6.92 Å². The lowest BCUT2D eigenvalue weighted by Gasteiger charge is -2.08. The number of amides is 1. The summed E-state index contributed by atoms with van der Waals surface area (Å²) in [6.45, 7) is 1.76. The molecule has 92 valence electrons. The van der Waals surface area contributed by atoms with Gasteiger partial charge in [-0.05, 0) is 19.1 Å². The van der Waals surface area contributed by atoms with Crippen LogP contribution < -0.4 is 5.32 Å². The van der Waals surface area contributed by atoms with Gasteiger partial charge in [-0.1, -0.05) is 23.2 Å². The standard InChI is InChI=1S/C12H9Cl2N3O/c1-7-11(14)10(3-5-16-7)17-12(18)8-2-4-15-6-9(8)13/h2-6H,1H3,(H,16,17,18). The maximum atomic E-state index is 12.0. The number of hydrogen-bond acceptors (Lipinski definition) is 3. The topological polar surface area (TPSA) is 54.9 Å². The Bertz CT molecular complexity index is 602. The molecule has 1 amide bonds. The molecule has 2 heterocycles. The Hall–Kier alpha value is -1.65. The SMILES string of the molecule is Cc1nccc(NC(=O)c2ccncc2Cl)c1Cl. The number of nitrogens with zero attached hydrogens (tertiary/aromatic N) is 2. The van der Waals surface area contributed by atoms with E-state index in [0.29, 0.717) is 22.0 Å². The zero-order valence-electron chi connectivity index (χ0n) is 9.45. The Morgan fingerprint density at radius 2 is 2.06 bits per heavy atom. The van der Waals surface area contributed by atoms with Gasteiger partial charge < -0.3 is 5.32 Å². The summed E-state index contributed by atoms with van der Waals surface area (Å²) >= 11 is 11.9. The van der Waals surface area contributed by atoms with Gasteiger partial charge in [-0.15, -0.1) is 0 Å². The van der Waals surface area contributed by atoms with Crippen LogP contribution in [-0.4, -0.2) is 15.9 Å². The molecule has 0 unspecified atom stereocenters. The molecular weight excluding hydrogens is 273 g/mol. The minimum Gasteiger partial charge on any atom is -0.320 e. The van der Waals surface area contributed by atoms with Gasteiger partial charge in [0, 0.05) is 18.6 Å². The third kappa shape index (κ3) is 2.60. The van der Waals surface area contributed by atoms with Crippen molar-refractivity contribution in [3.8, 4) is 0 Å². The van der Waals surface area contributed by atoms with Crippen molar-refractivity contribution in [2.45, 2.75) is 6.92 Å². The van der Waals surface area contributed by atoms with Crippen molar-refractivity contribution >= 4 is 34.8 Å². The molecule has 0 radical (unpaired) electrons. The number of rotatable bonds is 2. The van der Waals surface area contributed by atoms with Gasteiger partial charge in [0.25, 0.3) is 5.91 Å². The fourth-order valence-electron chi connectivity index (χ4n) is 1.39. The molecular formula is C12H9Cl2N3O. The van der Waals surface area contributed by atoms with Gasteiger partial charge in [-0.3, -0.25) is 14.8 Å². The monoisotopic (exact) mass is 281 g/mol. The summed E-state index contributed by atoms with van der Waals surface area (Å²) in [4.78, 5) is 19.8. The molecule has 2 aromatic heterocycles. The Kier molecular flexibility index (Phi) is 3.79. The number of halogens is 2. The predicted octanol–water partition coefficient (Wildman–Crippen LogP) is 3.34. The smallest absolute Gasteiger partial charge is 0.257 e. The molecule has 0 aliphatic carbocycles. The highest BCUT2D eigenvalue weighted by Gasteiger charge is 2.12. The van der Waals surface area contributed by atoms with Crippen LogP contribution in [-0.2, 0) is 0 Å². The number of aryl methyl sites for hydroxylation is 1. The van der Waals surface area contributed by atoms with E-state index in [1.165, 1.54) is 12.4 Å². The molecule has 0 atom stereocenters. The summed E-state index contributed by atoms with van der Waals surface area (Å²) in [6.07, 6.45) is 4.49. The second-order valence-corrected chi connectivity index (χ2v) is 4.35. The molecule has 18 heavy (non-hydrogen) atoms. The van der Waals surface area contributed by atoms with Crippen LogP contribution in [0.4, 0.5) is 5.69 Å². The first kappa shape index (κ1) is 12.8. The largest absolute Gasteiger partial charge is 0.320 e. The van der Waals surface area contributed by atoms with Crippen LogP contribution in [0.1, 0.15) is 16.1 Å². The fraction of sp³-hybridized carbons (Fsp3) is 0.0833. The maximum absolute atomic E-state index is 12.0. The van der Waals surface area contributed by atoms with E-state index >= 15 is 0 Å². The van der Waals surface area contributed by atoms with E-state index in [1.54, 1.807) is 25.3 Å².